The van der Waals surface area contributed by atoms with Crippen molar-refractivity contribution in [2.24, 2.45) is 5.92 Å². The monoisotopic (exact) mass is 291 g/mol. The van der Waals surface area contributed by atoms with Gasteiger partial charge in [0.1, 0.15) is 5.52 Å². The Hall–Kier alpha value is -1.50. The summed E-state index contributed by atoms with van der Waals surface area (Å²) >= 11 is 0. The van der Waals surface area contributed by atoms with Crippen molar-refractivity contribution in [1.82, 2.24) is 15.0 Å². The van der Waals surface area contributed by atoms with Crippen LogP contribution < -0.4 is 0 Å². The molecule has 1 aliphatic rings. The zero-order valence-electron chi connectivity index (χ0n) is 12.4. The maximum atomic E-state index is 5.89. The van der Waals surface area contributed by atoms with Gasteiger partial charge in [0.25, 0.3) is 0 Å². The molecule has 2 aromatic rings. The molecule has 0 amide bonds. The highest BCUT2D eigenvalue weighted by molar-refractivity contribution is 5.73. The van der Waals surface area contributed by atoms with Crippen LogP contribution in [0, 0.1) is 5.92 Å². The van der Waals surface area contributed by atoms with Gasteiger partial charge in [-0.3, -0.25) is 0 Å². The molecular weight excluding hydrogens is 270 g/mol. The Morgan fingerprint density at radius 3 is 2.81 bits per heavy atom. The lowest BCUT2D eigenvalue weighted by molar-refractivity contribution is -0.185. The lowest BCUT2D eigenvalue weighted by Gasteiger charge is -2.27. The molecule has 2 atom stereocenters. The minimum atomic E-state index is -0.268. The van der Waals surface area contributed by atoms with E-state index in [4.69, 9.17) is 14.2 Å². The van der Waals surface area contributed by atoms with Gasteiger partial charge in [-0.1, -0.05) is 17.3 Å². The van der Waals surface area contributed by atoms with Crippen molar-refractivity contribution in [3.8, 4) is 0 Å². The first-order valence-electron chi connectivity index (χ1n) is 7.50. The predicted octanol–water partition coefficient (Wildman–Crippen LogP) is 2.37. The van der Waals surface area contributed by atoms with E-state index in [1.165, 1.54) is 0 Å². The van der Waals surface area contributed by atoms with E-state index in [2.05, 4.69) is 10.3 Å². The van der Waals surface area contributed by atoms with E-state index in [0.717, 1.165) is 17.5 Å². The molecule has 1 aromatic carbocycles. The molecule has 0 N–H and O–H groups in total. The number of aromatic nitrogens is 3. The van der Waals surface area contributed by atoms with E-state index in [1.807, 2.05) is 42.8 Å². The summed E-state index contributed by atoms with van der Waals surface area (Å²) in [6.07, 6.45) is 0.430. The molecule has 2 heterocycles. The number of hydrogen-bond acceptors (Lipinski definition) is 5. The standard InChI is InChI=1S/C15H21N3O3/c1-3-19-15(20-4-2)11-9-10-21-14(11)18-13-8-6-5-7-12(13)16-17-18/h5-8,11,14-15H,3-4,9-10H2,1-2H3/t11-,14-/m1/s1. The Bertz CT molecular complexity index is 580. The fourth-order valence-electron chi connectivity index (χ4n) is 2.81. The summed E-state index contributed by atoms with van der Waals surface area (Å²) < 4.78 is 19.2. The van der Waals surface area contributed by atoms with Crippen LogP contribution in [-0.2, 0) is 14.2 Å². The minimum absolute atomic E-state index is 0.120. The van der Waals surface area contributed by atoms with Gasteiger partial charge in [0.15, 0.2) is 12.5 Å². The summed E-state index contributed by atoms with van der Waals surface area (Å²) in [4.78, 5) is 0. The van der Waals surface area contributed by atoms with E-state index in [1.54, 1.807) is 0 Å². The molecule has 1 saturated heterocycles. The Labute approximate surface area is 124 Å². The van der Waals surface area contributed by atoms with Gasteiger partial charge in [0.05, 0.1) is 11.4 Å². The van der Waals surface area contributed by atoms with Crippen LogP contribution in [0.5, 0.6) is 0 Å². The van der Waals surface area contributed by atoms with E-state index in [-0.39, 0.29) is 18.4 Å². The maximum Gasteiger partial charge on any atom is 0.164 e. The van der Waals surface area contributed by atoms with Gasteiger partial charge in [-0.25, -0.2) is 4.68 Å². The fraction of sp³-hybridized carbons (Fsp3) is 0.600. The molecule has 1 aromatic heterocycles. The molecular formula is C15H21N3O3. The Kier molecular flexibility index (Phi) is 4.48. The van der Waals surface area contributed by atoms with Crippen molar-refractivity contribution in [2.45, 2.75) is 32.8 Å². The fourth-order valence-corrected chi connectivity index (χ4v) is 2.81. The number of para-hydroxylation sites is 1. The summed E-state index contributed by atoms with van der Waals surface area (Å²) in [5.41, 5.74) is 1.84. The molecule has 3 rings (SSSR count). The zero-order chi connectivity index (χ0) is 14.7. The van der Waals surface area contributed by atoms with E-state index < -0.39 is 0 Å². The van der Waals surface area contributed by atoms with Crippen LogP contribution in [0.2, 0.25) is 0 Å². The van der Waals surface area contributed by atoms with Crippen molar-refractivity contribution >= 4 is 11.0 Å². The van der Waals surface area contributed by atoms with Crippen LogP contribution in [0.3, 0.4) is 0 Å². The summed E-state index contributed by atoms with van der Waals surface area (Å²) in [7, 11) is 0. The van der Waals surface area contributed by atoms with Gasteiger partial charge in [0, 0.05) is 19.8 Å². The van der Waals surface area contributed by atoms with Gasteiger partial charge >= 0.3 is 0 Å². The van der Waals surface area contributed by atoms with Crippen LogP contribution in [0.15, 0.2) is 24.3 Å². The molecule has 21 heavy (non-hydrogen) atoms. The smallest absolute Gasteiger partial charge is 0.164 e. The first-order valence-corrected chi connectivity index (χ1v) is 7.50. The topological polar surface area (TPSA) is 58.4 Å². The molecule has 6 heteroatoms. The van der Waals surface area contributed by atoms with E-state index in [0.29, 0.717) is 19.8 Å². The average molecular weight is 291 g/mol. The molecule has 1 fully saturated rings. The van der Waals surface area contributed by atoms with Crippen LogP contribution >= 0.6 is 0 Å². The number of rotatable bonds is 6. The SMILES string of the molecule is CCOC(OCC)[C@@H]1CCO[C@H]1n1nnc2ccccc21. The number of hydrogen-bond donors (Lipinski definition) is 0. The summed E-state index contributed by atoms with van der Waals surface area (Å²) in [6.45, 7) is 5.86. The van der Waals surface area contributed by atoms with E-state index in [9.17, 15) is 0 Å². The molecule has 1 aliphatic heterocycles. The lowest BCUT2D eigenvalue weighted by Crippen LogP contribution is -2.32. The van der Waals surface area contributed by atoms with Gasteiger partial charge in [0.2, 0.25) is 0 Å². The van der Waals surface area contributed by atoms with E-state index >= 15 is 0 Å². The third kappa shape index (κ3) is 2.79. The third-order valence-electron chi connectivity index (χ3n) is 3.74. The largest absolute Gasteiger partial charge is 0.356 e. The maximum absolute atomic E-state index is 5.89. The third-order valence-corrected chi connectivity index (χ3v) is 3.74. The molecule has 0 saturated carbocycles. The lowest BCUT2D eigenvalue weighted by atomic mass is 10.1. The summed E-state index contributed by atoms with van der Waals surface area (Å²) in [5, 5.41) is 8.46. The van der Waals surface area contributed by atoms with Crippen LogP contribution in [0.25, 0.3) is 11.0 Å². The number of nitrogens with zero attached hydrogens (tertiary/aromatic N) is 3. The van der Waals surface area contributed by atoms with Crippen LogP contribution in [-0.4, -0.2) is 41.1 Å². The quantitative estimate of drug-likeness (QED) is 0.765. The van der Waals surface area contributed by atoms with Crippen molar-refractivity contribution in [2.75, 3.05) is 19.8 Å². The molecule has 0 aliphatic carbocycles. The van der Waals surface area contributed by atoms with Crippen molar-refractivity contribution in [3.05, 3.63) is 24.3 Å². The summed E-state index contributed by atoms with van der Waals surface area (Å²) in [5.74, 6) is 0.120. The van der Waals surface area contributed by atoms with Gasteiger partial charge in [-0.2, -0.15) is 0 Å². The normalized spacial score (nSPS) is 22.4. The zero-order valence-corrected chi connectivity index (χ0v) is 12.4. The van der Waals surface area contributed by atoms with Crippen molar-refractivity contribution in [1.29, 1.82) is 0 Å². The molecule has 114 valence electrons. The highest BCUT2D eigenvalue weighted by atomic mass is 16.7. The van der Waals surface area contributed by atoms with Gasteiger partial charge in [-0.05, 0) is 32.4 Å². The Balaban J connectivity index is 1.89. The molecule has 0 spiro atoms. The second kappa shape index (κ2) is 6.51. The molecule has 0 unspecified atom stereocenters. The second-order valence-electron chi connectivity index (χ2n) is 5.02. The Morgan fingerprint density at radius 2 is 2.05 bits per heavy atom. The molecule has 0 bridgehead atoms. The number of benzene rings is 1. The van der Waals surface area contributed by atoms with Crippen molar-refractivity contribution in [3.63, 3.8) is 0 Å². The first-order chi connectivity index (χ1) is 10.3. The second-order valence-corrected chi connectivity index (χ2v) is 5.02. The summed E-state index contributed by atoms with van der Waals surface area (Å²) in [6, 6.07) is 7.89. The Morgan fingerprint density at radius 1 is 1.29 bits per heavy atom. The highest BCUT2D eigenvalue weighted by Gasteiger charge is 2.38. The number of fused-ring (bicyclic) bond motifs is 1. The van der Waals surface area contributed by atoms with Crippen molar-refractivity contribution < 1.29 is 14.2 Å². The molecule has 6 nitrogen and oxygen atoms in total. The average Bonchev–Trinajstić information content (AvgIpc) is 3.13. The minimum Gasteiger partial charge on any atom is -0.356 e. The molecule has 0 radical (unpaired) electrons. The van der Waals surface area contributed by atoms with Crippen LogP contribution in [0.1, 0.15) is 26.5 Å². The van der Waals surface area contributed by atoms with Gasteiger partial charge in [-0.15, -0.1) is 5.10 Å². The first kappa shape index (κ1) is 14.4. The van der Waals surface area contributed by atoms with Crippen LogP contribution in [0.4, 0.5) is 0 Å². The predicted molar refractivity (Wildman–Crippen MR) is 77.7 cm³/mol. The van der Waals surface area contributed by atoms with Gasteiger partial charge < -0.3 is 14.2 Å². The highest BCUT2D eigenvalue weighted by Crippen LogP contribution is 2.35. The number of ether oxygens (including phenoxy) is 3.